The van der Waals surface area contributed by atoms with Gasteiger partial charge in [-0.2, -0.15) is 0 Å². The standard InChI is InChI=1S/C13H14N2O4S/c1-9-2-3-11(20(14,17)18)6-12(9)13(16)15-7-10-4-5-19-8-10/h2-6,8H,7H2,1H3,(H,15,16)(H2,14,17,18). The van der Waals surface area contributed by atoms with Gasteiger partial charge in [0.25, 0.3) is 5.91 Å². The van der Waals surface area contributed by atoms with E-state index >= 15 is 0 Å². The highest BCUT2D eigenvalue weighted by atomic mass is 32.2. The van der Waals surface area contributed by atoms with E-state index < -0.39 is 10.0 Å². The molecule has 0 saturated carbocycles. The van der Waals surface area contributed by atoms with Gasteiger partial charge in [0, 0.05) is 17.7 Å². The quantitative estimate of drug-likeness (QED) is 0.883. The number of nitrogens with two attached hydrogens (primary N) is 1. The number of hydrogen-bond donors (Lipinski definition) is 2. The van der Waals surface area contributed by atoms with Crippen molar-refractivity contribution < 1.29 is 17.6 Å². The molecule has 1 aromatic carbocycles. The fourth-order valence-electron chi connectivity index (χ4n) is 1.69. The van der Waals surface area contributed by atoms with Crippen LogP contribution in [-0.2, 0) is 16.6 Å². The van der Waals surface area contributed by atoms with Crippen LogP contribution in [0.1, 0.15) is 21.5 Å². The average Bonchev–Trinajstić information content (AvgIpc) is 2.88. The van der Waals surface area contributed by atoms with Gasteiger partial charge in [0.05, 0.1) is 17.4 Å². The second-order valence-electron chi connectivity index (χ2n) is 4.34. The normalized spacial score (nSPS) is 11.3. The predicted molar refractivity (Wildman–Crippen MR) is 72.4 cm³/mol. The molecule has 0 aliphatic carbocycles. The monoisotopic (exact) mass is 294 g/mol. The maximum absolute atomic E-state index is 12.1. The highest BCUT2D eigenvalue weighted by Crippen LogP contribution is 2.14. The third-order valence-corrected chi connectivity index (χ3v) is 3.73. The Kier molecular flexibility index (Phi) is 3.91. The number of rotatable bonds is 4. The van der Waals surface area contributed by atoms with E-state index in [9.17, 15) is 13.2 Å². The van der Waals surface area contributed by atoms with Crippen LogP contribution in [0.3, 0.4) is 0 Å². The molecule has 106 valence electrons. The molecule has 7 heteroatoms. The van der Waals surface area contributed by atoms with Crippen molar-refractivity contribution in [3.05, 3.63) is 53.5 Å². The third-order valence-electron chi connectivity index (χ3n) is 2.82. The van der Waals surface area contributed by atoms with Crippen LogP contribution in [0.25, 0.3) is 0 Å². The number of furan rings is 1. The number of aryl methyl sites for hydroxylation is 1. The zero-order valence-electron chi connectivity index (χ0n) is 10.8. The molecule has 2 aromatic rings. The highest BCUT2D eigenvalue weighted by Gasteiger charge is 2.14. The van der Waals surface area contributed by atoms with Crippen LogP contribution in [0.15, 0.2) is 46.1 Å². The molecular formula is C13H14N2O4S. The lowest BCUT2D eigenvalue weighted by Gasteiger charge is -2.08. The van der Waals surface area contributed by atoms with Crippen LogP contribution < -0.4 is 10.5 Å². The van der Waals surface area contributed by atoms with Gasteiger partial charge in [-0.15, -0.1) is 0 Å². The van der Waals surface area contributed by atoms with E-state index in [1.165, 1.54) is 24.7 Å². The van der Waals surface area contributed by atoms with E-state index in [2.05, 4.69) is 5.32 Å². The van der Waals surface area contributed by atoms with E-state index in [0.29, 0.717) is 12.1 Å². The van der Waals surface area contributed by atoms with Crippen molar-refractivity contribution in [1.29, 1.82) is 0 Å². The molecule has 1 heterocycles. The first-order valence-corrected chi connectivity index (χ1v) is 7.35. The Morgan fingerprint density at radius 3 is 2.70 bits per heavy atom. The lowest BCUT2D eigenvalue weighted by molar-refractivity contribution is 0.0950. The van der Waals surface area contributed by atoms with Crippen LogP contribution in [0.5, 0.6) is 0 Å². The molecule has 0 bridgehead atoms. The molecule has 0 aliphatic heterocycles. The van der Waals surface area contributed by atoms with Crippen molar-refractivity contribution in [2.24, 2.45) is 5.14 Å². The molecule has 0 saturated heterocycles. The topological polar surface area (TPSA) is 102 Å². The van der Waals surface area contributed by atoms with Gasteiger partial charge in [-0.3, -0.25) is 4.79 Å². The lowest BCUT2D eigenvalue weighted by atomic mass is 10.1. The van der Waals surface area contributed by atoms with Crippen molar-refractivity contribution in [2.45, 2.75) is 18.4 Å². The van der Waals surface area contributed by atoms with E-state index in [0.717, 1.165) is 5.56 Å². The molecule has 0 radical (unpaired) electrons. The van der Waals surface area contributed by atoms with E-state index in [-0.39, 0.29) is 16.4 Å². The van der Waals surface area contributed by atoms with Crippen LogP contribution in [0, 0.1) is 6.92 Å². The molecule has 3 N–H and O–H groups in total. The minimum atomic E-state index is -3.83. The molecule has 20 heavy (non-hydrogen) atoms. The zero-order chi connectivity index (χ0) is 14.8. The summed E-state index contributed by atoms with van der Waals surface area (Å²) in [7, 11) is -3.83. The maximum Gasteiger partial charge on any atom is 0.251 e. The van der Waals surface area contributed by atoms with Crippen molar-refractivity contribution in [1.82, 2.24) is 5.32 Å². The second kappa shape index (κ2) is 5.48. The summed E-state index contributed by atoms with van der Waals surface area (Å²) in [6.07, 6.45) is 3.03. The number of amides is 1. The van der Waals surface area contributed by atoms with E-state index in [1.54, 1.807) is 19.1 Å². The Morgan fingerprint density at radius 2 is 2.10 bits per heavy atom. The first kappa shape index (κ1) is 14.3. The Bertz CT molecular complexity index is 721. The number of nitrogens with one attached hydrogen (secondary N) is 1. The van der Waals surface area contributed by atoms with E-state index in [1.807, 2.05) is 0 Å². The van der Waals surface area contributed by atoms with Crippen LogP contribution in [0.2, 0.25) is 0 Å². The summed E-state index contributed by atoms with van der Waals surface area (Å²) in [5, 5.41) is 7.74. The number of carbonyl (C=O) groups is 1. The SMILES string of the molecule is Cc1ccc(S(N)(=O)=O)cc1C(=O)NCc1ccoc1. The Hall–Kier alpha value is -2.12. The molecular weight excluding hydrogens is 280 g/mol. The van der Waals surface area contributed by atoms with Crippen LogP contribution in [-0.4, -0.2) is 14.3 Å². The summed E-state index contributed by atoms with van der Waals surface area (Å²) < 4.78 is 27.5. The minimum Gasteiger partial charge on any atom is -0.472 e. The molecule has 0 atom stereocenters. The van der Waals surface area contributed by atoms with Crippen molar-refractivity contribution in [2.75, 3.05) is 0 Å². The Labute approximate surface area is 116 Å². The number of primary sulfonamides is 1. The van der Waals surface area contributed by atoms with Gasteiger partial charge >= 0.3 is 0 Å². The fourth-order valence-corrected chi connectivity index (χ4v) is 2.23. The maximum atomic E-state index is 12.1. The highest BCUT2D eigenvalue weighted by molar-refractivity contribution is 7.89. The lowest BCUT2D eigenvalue weighted by Crippen LogP contribution is -2.24. The van der Waals surface area contributed by atoms with E-state index in [4.69, 9.17) is 9.56 Å². The molecule has 6 nitrogen and oxygen atoms in total. The summed E-state index contributed by atoms with van der Waals surface area (Å²) in [6.45, 7) is 2.02. The molecule has 0 unspecified atom stereocenters. The third kappa shape index (κ3) is 3.25. The zero-order valence-corrected chi connectivity index (χ0v) is 11.6. The summed E-state index contributed by atoms with van der Waals surface area (Å²) in [5.74, 6) is -0.366. The first-order valence-electron chi connectivity index (χ1n) is 5.80. The predicted octanol–water partition coefficient (Wildman–Crippen LogP) is 1.17. The van der Waals surface area contributed by atoms with Crippen LogP contribution >= 0.6 is 0 Å². The van der Waals surface area contributed by atoms with Gasteiger partial charge in [0.2, 0.25) is 10.0 Å². The number of hydrogen-bond acceptors (Lipinski definition) is 4. The second-order valence-corrected chi connectivity index (χ2v) is 5.90. The summed E-state index contributed by atoms with van der Waals surface area (Å²) >= 11 is 0. The number of sulfonamides is 1. The molecule has 1 amide bonds. The average molecular weight is 294 g/mol. The Balaban J connectivity index is 2.21. The summed E-state index contributed by atoms with van der Waals surface area (Å²) in [4.78, 5) is 12.0. The van der Waals surface area contributed by atoms with Gasteiger partial charge in [-0.25, -0.2) is 13.6 Å². The largest absolute Gasteiger partial charge is 0.472 e. The summed E-state index contributed by atoms with van der Waals surface area (Å²) in [5.41, 5.74) is 1.76. The molecule has 0 spiro atoms. The van der Waals surface area contributed by atoms with Gasteiger partial charge in [-0.1, -0.05) is 6.07 Å². The van der Waals surface area contributed by atoms with Crippen molar-refractivity contribution in [3.8, 4) is 0 Å². The first-order chi connectivity index (χ1) is 9.38. The van der Waals surface area contributed by atoms with Crippen molar-refractivity contribution >= 4 is 15.9 Å². The Morgan fingerprint density at radius 1 is 1.35 bits per heavy atom. The number of carbonyl (C=O) groups excluding carboxylic acids is 1. The molecule has 1 aromatic heterocycles. The van der Waals surface area contributed by atoms with Gasteiger partial charge in [0.1, 0.15) is 0 Å². The fraction of sp³-hybridized carbons (Fsp3) is 0.154. The van der Waals surface area contributed by atoms with Crippen molar-refractivity contribution in [3.63, 3.8) is 0 Å². The molecule has 0 aliphatic rings. The summed E-state index contributed by atoms with van der Waals surface area (Å²) in [6, 6.07) is 5.92. The molecule has 0 fully saturated rings. The van der Waals surface area contributed by atoms with Crippen LogP contribution in [0.4, 0.5) is 0 Å². The van der Waals surface area contributed by atoms with Gasteiger partial charge in [-0.05, 0) is 30.7 Å². The molecule has 2 rings (SSSR count). The number of benzene rings is 1. The minimum absolute atomic E-state index is 0.0865. The van der Waals surface area contributed by atoms with Gasteiger partial charge < -0.3 is 9.73 Å². The van der Waals surface area contributed by atoms with Gasteiger partial charge in [0.15, 0.2) is 0 Å². The smallest absolute Gasteiger partial charge is 0.251 e.